The summed E-state index contributed by atoms with van der Waals surface area (Å²) in [6.45, 7) is 0.989. The van der Waals surface area contributed by atoms with Crippen LogP contribution in [0.5, 0.6) is 0 Å². The fourth-order valence-electron chi connectivity index (χ4n) is 1.10. The van der Waals surface area contributed by atoms with Crippen LogP contribution in [0.1, 0.15) is 6.42 Å². The van der Waals surface area contributed by atoms with Crippen molar-refractivity contribution in [3.63, 3.8) is 0 Å². The van der Waals surface area contributed by atoms with E-state index in [4.69, 9.17) is 5.84 Å². The summed E-state index contributed by atoms with van der Waals surface area (Å²) >= 11 is 0. The van der Waals surface area contributed by atoms with Gasteiger partial charge in [-0.05, 0) is 6.42 Å². The Bertz CT molecular complexity index is 449. The van der Waals surface area contributed by atoms with Crippen LogP contribution < -0.4 is 21.3 Å². The minimum absolute atomic E-state index is 0.388. The van der Waals surface area contributed by atoms with E-state index in [1.165, 1.54) is 6.33 Å². The van der Waals surface area contributed by atoms with E-state index >= 15 is 0 Å². The number of hydrogen-bond acceptors (Lipinski definition) is 7. The molecule has 0 radical (unpaired) electrons. The van der Waals surface area contributed by atoms with Gasteiger partial charge in [0, 0.05) is 19.2 Å². The highest BCUT2D eigenvalue weighted by Crippen LogP contribution is 2.06. The first-order valence-electron chi connectivity index (χ1n) is 4.98. The second-order valence-electron chi connectivity index (χ2n) is 3.38. The summed E-state index contributed by atoms with van der Waals surface area (Å²) in [4.78, 5) is 7.83. The predicted molar refractivity (Wildman–Crippen MR) is 65.8 cm³/mol. The molecule has 0 saturated carbocycles. The summed E-state index contributed by atoms with van der Waals surface area (Å²) in [7, 11) is -3.11. The molecule has 17 heavy (non-hydrogen) atoms. The van der Waals surface area contributed by atoms with Crippen LogP contribution in [-0.4, -0.2) is 37.7 Å². The zero-order valence-electron chi connectivity index (χ0n) is 9.47. The number of hydrazine groups is 1. The van der Waals surface area contributed by atoms with Crippen LogP contribution in [0.25, 0.3) is 0 Å². The Morgan fingerprint density at radius 2 is 2.00 bits per heavy atom. The average molecular weight is 260 g/mol. The molecule has 0 aliphatic heterocycles. The number of sulfonamides is 1. The quantitative estimate of drug-likeness (QED) is 0.285. The Hall–Kier alpha value is -1.45. The van der Waals surface area contributed by atoms with E-state index in [9.17, 15) is 8.42 Å². The molecule has 0 saturated heterocycles. The lowest BCUT2D eigenvalue weighted by molar-refractivity contribution is 0.586. The first-order chi connectivity index (χ1) is 8.01. The minimum Gasteiger partial charge on any atom is -0.370 e. The summed E-state index contributed by atoms with van der Waals surface area (Å²) < 4.78 is 23.9. The van der Waals surface area contributed by atoms with E-state index in [1.54, 1.807) is 6.07 Å². The van der Waals surface area contributed by atoms with Crippen molar-refractivity contribution >= 4 is 21.7 Å². The Morgan fingerprint density at radius 3 is 2.65 bits per heavy atom. The number of nitrogen functional groups attached to an aromatic ring is 1. The van der Waals surface area contributed by atoms with E-state index in [0.29, 0.717) is 31.1 Å². The van der Waals surface area contributed by atoms with Crippen molar-refractivity contribution in [1.29, 1.82) is 0 Å². The van der Waals surface area contributed by atoms with Crippen LogP contribution in [0.2, 0.25) is 0 Å². The standard InChI is InChI=1S/C8H16N6O2S/c1-17(15,16)13-4-2-3-10-7-5-8(14-9)12-6-11-7/h5-6,13H,2-4,9H2,1H3,(H2,10,11,12,14). The molecule has 0 amide bonds. The molecular weight excluding hydrogens is 244 g/mol. The topological polar surface area (TPSA) is 122 Å². The van der Waals surface area contributed by atoms with Gasteiger partial charge in [-0.2, -0.15) is 0 Å². The van der Waals surface area contributed by atoms with Gasteiger partial charge in [-0.15, -0.1) is 0 Å². The molecule has 1 aromatic rings. The highest BCUT2D eigenvalue weighted by Gasteiger charge is 1.99. The molecule has 0 unspecified atom stereocenters. The Morgan fingerprint density at radius 1 is 1.29 bits per heavy atom. The second-order valence-corrected chi connectivity index (χ2v) is 5.21. The lowest BCUT2D eigenvalue weighted by Gasteiger charge is -2.06. The van der Waals surface area contributed by atoms with E-state index < -0.39 is 10.0 Å². The zero-order valence-corrected chi connectivity index (χ0v) is 10.3. The molecule has 1 rings (SSSR count). The molecule has 1 heterocycles. The SMILES string of the molecule is CS(=O)(=O)NCCCNc1cc(NN)ncn1. The van der Waals surface area contributed by atoms with Crippen LogP contribution in [0, 0.1) is 0 Å². The summed E-state index contributed by atoms with van der Waals surface area (Å²) in [5, 5.41) is 3.02. The number of nitrogens with two attached hydrogens (primary N) is 1. The van der Waals surface area contributed by atoms with Gasteiger partial charge >= 0.3 is 0 Å². The van der Waals surface area contributed by atoms with Crippen LogP contribution in [0.15, 0.2) is 12.4 Å². The van der Waals surface area contributed by atoms with Gasteiger partial charge in [-0.1, -0.05) is 0 Å². The number of anilines is 2. The molecule has 8 nitrogen and oxygen atoms in total. The molecule has 0 bridgehead atoms. The van der Waals surface area contributed by atoms with Gasteiger partial charge in [-0.25, -0.2) is 29.0 Å². The molecule has 1 aromatic heterocycles. The first-order valence-corrected chi connectivity index (χ1v) is 6.87. The maximum atomic E-state index is 10.8. The van der Waals surface area contributed by atoms with E-state index in [1.807, 2.05) is 0 Å². The van der Waals surface area contributed by atoms with Gasteiger partial charge in [0.25, 0.3) is 0 Å². The van der Waals surface area contributed by atoms with Gasteiger partial charge in [0.1, 0.15) is 18.0 Å². The molecule has 0 spiro atoms. The lowest BCUT2D eigenvalue weighted by atomic mass is 10.4. The van der Waals surface area contributed by atoms with Gasteiger partial charge in [0.2, 0.25) is 10.0 Å². The van der Waals surface area contributed by atoms with Crippen molar-refractivity contribution in [2.75, 3.05) is 30.1 Å². The van der Waals surface area contributed by atoms with Crippen molar-refractivity contribution in [2.24, 2.45) is 5.84 Å². The van der Waals surface area contributed by atoms with Gasteiger partial charge < -0.3 is 10.7 Å². The van der Waals surface area contributed by atoms with Crippen molar-refractivity contribution < 1.29 is 8.42 Å². The minimum atomic E-state index is -3.11. The summed E-state index contributed by atoms with van der Waals surface area (Å²) in [6, 6.07) is 1.66. The lowest BCUT2D eigenvalue weighted by Crippen LogP contribution is -2.24. The number of hydrogen-bond donors (Lipinski definition) is 4. The summed E-state index contributed by atoms with van der Waals surface area (Å²) in [5.74, 6) is 6.34. The number of nitrogens with zero attached hydrogens (tertiary/aromatic N) is 2. The van der Waals surface area contributed by atoms with Crippen LogP contribution in [-0.2, 0) is 10.0 Å². The smallest absolute Gasteiger partial charge is 0.208 e. The Balaban J connectivity index is 2.26. The number of aromatic nitrogens is 2. The molecule has 0 aromatic carbocycles. The van der Waals surface area contributed by atoms with Gasteiger partial charge in [0.05, 0.1) is 6.26 Å². The largest absolute Gasteiger partial charge is 0.370 e. The molecule has 0 fully saturated rings. The fourth-order valence-corrected chi connectivity index (χ4v) is 1.61. The number of nitrogens with one attached hydrogen (secondary N) is 3. The highest BCUT2D eigenvalue weighted by molar-refractivity contribution is 7.88. The molecule has 96 valence electrons. The molecule has 0 aliphatic carbocycles. The van der Waals surface area contributed by atoms with Crippen molar-refractivity contribution in [3.8, 4) is 0 Å². The van der Waals surface area contributed by atoms with Crippen molar-refractivity contribution in [1.82, 2.24) is 14.7 Å². The summed E-state index contributed by atoms with van der Waals surface area (Å²) in [5.41, 5.74) is 2.41. The third-order valence-electron chi connectivity index (χ3n) is 1.84. The first kappa shape index (κ1) is 13.6. The van der Waals surface area contributed by atoms with Crippen LogP contribution in [0.4, 0.5) is 11.6 Å². The Kier molecular flexibility index (Phi) is 5.07. The third-order valence-corrected chi connectivity index (χ3v) is 2.57. The monoisotopic (exact) mass is 260 g/mol. The van der Waals surface area contributed by atoms with E-state index in [2.05, 4.69) is 25.4 Å². The van der Waals surface area contributed by atoms with Gasteiger partial charge in [0.15, 0.2) is 0 Å². The molecule has 0 aliphatic rings. The van der Waals surface area contributed by atoms with E-state index in [0.717, 1.165) is 6.26 Å². The van der Waals surface area contributed by atoms with Crippen molar-refractivity contribution in [3.05, 3.63) is 12.4 Å². The maximum Gasteiger partial charge on any atom is 0.208 e. The molecule has 5 N–H and O–H groups in total. The number of rotatable bonds is 7. The van der Waals surface area contributed by atoms with Gasteiger partial charge in [-0.3, -0.25) is 0 Å². The molecule has 9 heteroatoms. The normalized spacial score (nSPS) is 11.2. The predicted octanol–water partition coefficient (Wildman–Crippen LogP) is -0.887. The van der Waals surface area contributed by atoms with Crippen LogP contribution in [0.3, 0.4) is 0 Å². The highest BCUT2D eigenvalue weighted by atomic mass is 32.2. The molecular formula is C8H16N6O2S. The van der Waals surface area contributed by atoms with E-state index in [-0.39, 0.29) is 0 Å². The third kappa shape index (κ3) is 6.00. The zero-order chi connectivity index (χ0) is 12.7. The maximum absolute atomic E-state index is 10.8. The average Bonchev–Trinajstić information content (AvgIpc) is 2.27. The van der Waals surface area contributed by atoms with Crippen LogP contribution >= 0.6 is 0 Å². The summed E-state index contributed by atoms with van der Waals surface area (Å²) in [6.07, 6.45) is 3.17. The van der Waals surface area contributed by atoms with Crippen molar-refractivity contribution in [2.45, 2.75) is 6.42 Å². The molecule has 0 atom stereocenters. The Labute approximate surface area is 100 Å². The fraction of sp³-hybridized carbons (Fsp3) is 0.500. The second kappa shape index (κ2) is 6.33.